The van der Waals surface area contributed by atoms with E-state index < -0.39 is 10.0 Å². The first kappa shape index (κ1) is 17.6. The monoisotopic (exact) mass is 358 g/mol. The van der Waals surface area contributed by atoms with E-state index in [4.69, 9.17) is 0 Å². The van der Waals surface area contributed by atoms with Gasteiger partial charge in [-0.25, -0.2) is 13.1 Å². The van der Waals surface area contributed by atoms with Gasteiger partial charge >= 0.3 is 0 Å². The van der Waals surface area contributed by atoms with Gasteiger partial charge in [-0.1, -0.05) is 30.3 Å². The molecule has 132 valence electrons. The predicted octanol–water partition coefficient (Wildman–Crippen LogP) is 2.84. The first-order chi connectivity index (χ1) is 12.0. The lowest BCUT2D eigenvalue weighted by Crippen LogP contribution is -2.40. The van der Waals surface area contributed by atoms with Gasteiger partial charge in [0.25, 0.3) is 0 Å². The zero-order valence-electron chi connectivity index (χ0n) is 14.2. The molecule has 1 aliphatic rings. The van der Waals surface area contributed by atoms with Gasteiger partial charge in [-0.3, -0.25) is 4.79 Å². The number of benzene rings is 2. The van der Waals surface area contributed by atoms with Crippen LogP contribution in [0.5, 0.6) is 0 Å². The highest BCUT2D eigenvalue weighted by Gasteiger charge is 2.26. The van der Waals surface area contributed by atoms with Crippen molar-refractivity contribution in [1.29, 1.82) is 0 Å². The van der Waals surface area contributed by atoms with E-state index in [2.05, 4.69) is 9.62 Å². The first-order valence-corrected chi connectivity index (χ1v) is 9.88. The van der Waals surface area contributed by atoms with Crippen molar-refractivity contribution < 1.29 is 13.2 Å². The Bertz CT molecular complexity index is 833. The SMILES string of the molecule is CC(=O)c1ccc(S(=O)(=O)NCC2CCCN2c2ccccc2)cc1. The van der Waals surface area contributed by atoms with E-state index in [-0.39, 0.29) is 16.7 Å². The van der Waals surface area contributed by atoms with Crippen LogP contribution in [0.3, 0.4) is 0 Å². The zero-order valence-corrected chi connectivity index (χ0v) is 15.0. The molecule has 0 spiro atoms. The molecule has 1 fully saturated rings. The second-order valence-corrected chi connectivity index (χ2v) is 8.02. The molecular formula is C19H22N2O3S. The average Bonchev–Trinajstić information content (AvgIpc) is 3.09. The van der Waals surface area contributed by atoms with Crippen molar-refractivity contribution in [2.75, 3.05) is 18.0 Å². The lowest BCUT2D eigenvalue weighted by molar-refractivity contribution is 0.101. The van der Waals surface area contributed by atoms with E-state index in [1.54, 1.807) is 12.1 Å². The predicted molar refractivity (Wildman–Crippen MR) is 98.4 cm³/mol. The lowest BCUT2D eigenvalue weighted by Gasteiger charge is -2.27. The normalized spacial score (nSPS) is 17.6. The molecule has 2 aromatic carbocycles. The molecule has 1 heterocycles. The standard InChI is InChI=1S/C19H22N2O3S/c1-15(22)16-9-11-19(12-10-16)25(23,24)20-14-18-8-5-13-21(18)17-6-3-2-4-7-17/h2-4,6-7,9-12,18,20H,5,8,13-14H2,1H3. The summed E-state index contributed by atoms with van der Waals surface area (Å²) in [5, 5.41) is 0. The van der Waals surface area contributed by atoms with Crippen molar-refractivity contribution in [3.8, 4) is 0 Å². The Morgan fingerprint density at radius 3 is 2.44 bits per heavy atom. The molecule has 1 unspecified atom stereocenters. The van der Waals surface area contributed by atoms with Crippen LogP contribution in [0.1, 0.15) is 30.1 Å². The third kappa shape index (κ3) is 4.08. The third-order valence-corrected chi connectivity index (χ3v) is 5.98. The number of para-hydroxylation sites is 1. The Kier molecular flexibility index (Phi) is 5.20. The Labute approximate surface area is 148 Å². The summed E-state index contributed by atoms with van der Waals surface area (Å²) in [6, 6.07) is 16.2. The molecule has 3 rings (SSSR count). The average molecular weight is 358 g/mol. The smallest absolute Gasteiger partial charge is 0.240 e. The quantitative estimate of drug-likeness (QED) is 0.807. The largest absolute Gasteiger partial charge is 0.367 e. The van der Waals surface area contributed by atoms with Crippen LogP contribution in [0.25, 0.3) is 0 Å². The number of sulfonamides is 1. The topological polar surface area (TPSA) is 66.5 Å². The van der Waals surface area contributed by atoms with Gasteiger partial charge in [0, 0.05) is 30.4 Å². The molecule has 6 heteroatoms. The number of nitrogens with one attached hydrogen (secondary N) is 1. The Hall–Kier alpha value is -2.18. The van der Waals surface area contributed by atoms with E-state index in [1.807, 2.05) is 30.3 Å². The highest BCUT2D eigenvalue weighted by Crippen LogP contribution is 2.25. The summed E-state index contributed by atoms with van der Waals surface area (Å²) in [6.45, 7) is 2.76. The van der Waals surface area contributed by atoms with Crippen LogP contribution in [-0.2, 0) is 10.0 Å². The maximum atomic E-state index is 12.5. The Balaban J connectivity index is 1.68. The lowest BCUT2D eigenvalue weighted by atomic mass is 10.2. The second-order valence-electron chi connectivity index (χ2n) is 6.26. The van der Waals surface area contributed by atoms with E-state index >= 15 is 0 Å². The summed E-state index contributed by atoms with van der Waals surface area (Å²) in [7, 11) is -3.58. The highest BCUT2D eigenvalue weighted by molar-refractivity contribution is 7.89. The van der Waals surface area contributed by atoms with Crippen LogP contribution < -0.4 is 9.62 Å². The fourth-order valence-electron chi connectivity index (χ4n) is 3.17. The second kappa shape index (κ2) is 7.37. The summed E-state index contributed by atoms with van der Waals surface area (Å²) in [4.78, 5) is 13.7. The molecule has 1 aliphatic heterocycles. The molecule has 25 heavy (non-hydrogen) atoms. The van der Waals surface area contributed by atoms with Gasteiger partial charge in [-0.15, -0.1) is 0 Å². The summed E-state index contributed by atoms with van der Waals surface area (Å²) < 4.78 is 27.7. The van der Waals surface area contributed by atoms with Crippen LogP contribution in [-0.4, -0.2) is 33.3 Å². The molecule has 1 atom stereocenters. The first-order valence-electron chi connectivity index (χ1n) is 8.40. The van der Waals surface area contributed by atoms with E-state index in [9.17, 15) is 13.2 Å². The molecule has 0 amide bonds. The summed E-state index contributed by atoms with van der Waals surface area (Å²) in [5.41, 5.74) is 1.63. The van der Waals surface area contributed by atoms with Gasteiger partial charge < -0.3 is 4.90 Å². The Morgan fingerprint density at radius 2 is 1.80 bits per heavy atom. The molecule has 0 bridgehead atoms. The number of ketones is 1. The summed E-state index contributed by atoms with van der Waals surface area (Å²) in [5.74, 6) is -0.0821. The summed E-state index contributed by atoms with van der Waals surface area (Å²) in [6.07, 6.45) is 2.01. The minimum absolute atomic E-state index is 0.0821. The van der Waals surface area contributed by atoms with Crippen LogP contribution in [0.4, 0.5) is 5.69 Å². The summed E-state index contributed by atoms with van der Waals surface area (Å²) >= 11 is 0. The minimum atomic E-state index is -3.58. The van der Waals surface area contributed by atoms with Crippen LogP contribution >= 0.6 is 0 Å². The van der Waals surface area contributed by atoms with Crippen LogP contribution in [0, 0.1) is 0 Å². The van der Waals surface area contributed by atoms with Crippen molar-refractivity contribution in [3.63, 3.8) is 0 Å². The number of carbonyl (C=O) groups excluding carboxylic acids is 1. The van der Waals surface area contributed by atoms with Crippen LogP contribution in [0.15, 0.2) is 59.5 Å². The van der Waals surface area contributed by atoms with Crippen molar-refractivity contribution >= 4 is 21.5 Å². The number of nitrogens with zero attached hydrogens (tertiary/aromatic N) is 1. The molecule has 2 aromatic rings. The molecule has 0 aliphatic carbocycles. The molecule has 1 N–H and O–H groups in total. The zero-order chi connectivity index (χ0) is 17.9. The molecular weight excluding hydrogens is 336 g/mol. The third-order valence-electron chi connectivity index (χ3n) is 4.55. The van der Waals surface area contributed by atoms with Crippen LogP contribution in [0.2, 0.25) is 0 Å². The van der Waals surface area contributed by atoms with Crippen molar-refractivity contribution in [2.24, 2.45) is 0 Å². The van der Waals surface area contributed by atoms with Gasteiger partial charge in [0.05, 0.1) is 4.90 Å². The maximum absolute atomic E-state index is 12.5. The number of hydrogen-bond acceptors (Lipinski definition) is 4. The molecule has 0 radical (unpaired) electrons. The molecule has 5 nitrogen and oxygen atoms in total. The number of hydrogen-bond donors (Lipinski definition) is 1. The number of Topliss-reactive ketones (excluding diaryl/α,β-unsaturated/α-hetero) is 1. The molecule has 1 saturated heterocycles. The van der Waals surface area contributed by atoms with Gasteiger partial charge in [0.1, 0.15) is 0 Å². The molecule has 0 saturated carbocycles. The maximum Gasteiger partial charge on any atom is 0.240 e. The van der Waals surface area contributed by atoms with Gasteiger partial charge in [-0.2, -0.15) is 0 Å². The van der Waals surface area contributed by atoms with E-state index in [1.165, 1.54) is 19.1 Å². The number of anilines is 1. The number of rotatable bonds is 6. The van der Waals surface area contributed by atoms with E-state index in [0.29, 0.717) is 12.1 Å². The number of carbonyl (C=O) groups is 1. The minimum Gasteiger partial charge on any atom is -0.367 e. The van der Waals surface area contributed by atoms with Gasteiger partial charge in [-0.05, 0) is 44.0 Å². The molecule has 0 aromatic heterocycles. The van der Waals surface area contributed by atoms with Crippen molar-refractivity contribution in [1.82, 2.24) is 4.72 Å². The van der Waals surface area contributed by atoms with Gasteiger partial charge in [0.2, 0.25) is 10.0 Å². The fraction of sp³-hybridized carbons (Fsp3) is 0.316. The van der Waals surface area contributed by atoms with Gasteiger partial charge in [0.15, 0.2) is 5.78 Å². The Morgan fingerprint density at radius 1 is 1.12 bits per heavy atom. The highest BCUT2D eigenvalue weighted by atomic mass is 32.2. The fourth-order valence-corrected chi connectivity index (χ4v) is 4.24. The van der Waals surface area contributed by atoms with Crippen molar-refractivity contribution in [2.45, 2.75) is 30.7 Å². The van der Waals surface area contributed by atoms with Crippen molar-refractivity contribution in [3.05, 3.63) is 60.2 Å². The van der Waals surface area contributed by atoms with E-state index in [0.717, 1.165) is 25.1 Å².